The van der Waals surface area contributed by atoms with Gasteiger partial charge in [0, 0.05) is 0 Å². The second-order valence-electron chi connectivity index (χ2n) is 7.26. The molecule has 0 spiro atoms. The highest BCUT2D eigenvalue weighted by Gasteiger charge is 2.18. The highest BCUT2D eigenvalue weighted by atomic mass is 16.3. The molecule has 2 aromatic carbocycles. The lowest BCUT2D eigenvalue weighted by Crippen LogP contribution is -2.07. The minimum Gasteiger partial charge on any atom is -0.436 e. The van der Waals surface area contributed by atoms with Crippen LogP contribution in [0.15, 0.2) is 46.9 Å². The van der Waals surface area contributed by atoms with Crippen LogP contribution in [0.1, 0.15) is 25.8 Å². The summed E-state index contributed by atoms with van der Waals surface area (Å²) < 4.78 is 6.07. The maximum atomic E-state index is 6.07. The fraction of sp³-hybridized carbons (Fsp3) is 0.238. The summed E-state index contributed by atoms with van der Waals surface area (Å²) in [5.41, 5.74) is 15.7. The maximum Gasteiger partial charge on any atom is 0.233 e. The van der Waals surface area contributed by atoms with Crippen molar-refractivity contribution < 1.29 is 4.42 Å². The normalized spacial score (nSPS) is 11.3. The topological polar surface area (TPSA) is 129 Å². The molecule has 5 N–H and O–H groups in total. The van der Waals surface area contributed by atoms with Gasteiger partial charge in [-0.05, 0) is 42.5 Å². The Morgan fingerprint density at radius 1 is 0.931 bits per heavy atom. The summed E-state index contributed by atoms with van der Waals surface area (Å²) in [4.78, 5) is 16.8. The molecule has 4 rings (SSSR count). The van der Waals surface area contributed by atoms with Gasteiger partial charge in [0.2, 0.25) is 23.7 Å². The average molecular weight is 389 g/mol. The number of nitrogens with two attached hydrogens (primary N) is 2. The highest BCUT2D eigenvalue weighted by molar-refractivity contribution is 5.83. The van der Waals surface area contributed by atoms with Crippen LogP contribution in [0.2, 0.25) is 0 Å². The van der Waals surface area contributed by atoms with Crippen LogP contribution in [0.5, 0.6) is 0 Å². The number of hydrogen-bond acceptors (Lipinski definition) is 8. The number of nitrogen functional groups attached to an aromatic ring is 2. The predicted octanol–water partition coefficient (Wildman–Crippen LogP) is 4.18. The number of anilines is 4. The van der Waals surface area contributed by atoms with Gasteiger partial charge in [-0.15, -0.1) is 0 Å². The number of aromatic nitrogens is 4. The maximum absolute atomic E-state index is 6.07. The van der Waals surface area contributed by atoms with Gasteiger partial charge >= 0.3 is 0 Å². The molecule has 0 aliphatic rings. The number of fused-ring (bicyclic) bond motifs is 1. The quantitative estimate of drug-likeness (QED) is 0.448. The molecule has 0 aliphatic carbocycles. The van der Waals surface area contributed by atoms with Crippen molar-refractivity contribution in [3.8, 4) is 11.5 Å². The van der Waals surface area contributed by atoms with Gasteiger partial charge in [0.15, 0.2) is 5.58 Å². The number of benzene rings is 2. The monoisotopic (exact) mass is 389 g/mol. The molecule has 8 heteroatoms. The summed E-state index contributed by atoms with van der Waals surface area (Å²) in [5.74, 6) is 1.50. The smallest absolute Gasteiger partial charge is 0.233 e. The van der Waals surface area contributed by atoms with Crippen LogP contribution in [0.25, 0.3) is 22.6 Å². The third-order valence-electron chi connectivity index (χ3n) is 4.57. The van der Waals surface area contributed by atoms with E-state index in [2.05, 4.69) is 40.2 Å². The van der Waals surface area contributed by atoms with E-state index in [-0.39, 0.29) is 17.8 Å². The lowest BCUT2D eigenvalue weighted by molar-refractivity contribution is 0.584. The Labute approximate surface area is 168 Å². The summed E-state index contributed by atoms with van der Waals surface area (Å²) in [6.07, 6.45) is 1.94. The molecule has 0 fully saturated rings. The molecule has 8 nitrogen and oxygen atoms in total. The van der Waals surface area contributed by atoms with E-state index in [4.69, 9.17) is 20.9 Å². The van der Waals surface area contributed by atoms with Crippen LogP contribution in [0, 0.1) is 5.92 Å². The van der Waals surface area contributed by atoms with Crippen LogP contribution in [0.3, 0.4) is 0 Å². The molecular weight excluding hydrogens is 366 g/mol. The molecule has 0 saturated carbocycles. The van der Waals surface area contributed by atoms with E-state index in [1.54, 1.807) is 0 Å². The third kappa shape index (κ3) is 4.11. The number of nitrogens with zero attached hydrogens (tertiary/aromatic N) is 4. The Kier molecular flexibility index (Phi) is 4.99. The van der Waals surface area contributed by atoms with E-state index in [0.717, 1.165) is 40.8 Å². The zero-order chi connectivity index (χ0) is 20.4. The van der Waals surface area contributed by atoms with Crippen molar-refractivity contribution in [2.75, 3.05) is 16.8 Å². The summed E-state index contributed by atoms with van der Waals surface area (Å²) in [6, 6.07) is 13.7. The molecule has 0 radical (unpaired) electrons. The Hall–Kier alpha value is -3.68. The van der Waals surface area contributed by atoms with Crippen molar-refractivity contribution >= 4 is 34.6 Å². The summed E-state index contributed by atoms with van der Waals surface area (Å²) in [7, 11) is 0. The first-order valence-electron chi connectivity index (χ1n) is 9.51. The molecule has 0 aliphatic heterocycles. The zero-order valence-electron chi connectivity index (χ0n) is 16.4. The van der Waals surface area contributed by atoms with E-state index in [1.165, 1.54) is 0 Å². The predicted molar refractivity (Wildman–Crippen MR) is 115 cm³/mol. The van der Waals surface area contributed by atoms with E-state index in [0.29, 0.717) is 11.8 Å². The number of hydrogen-bond donors (Lipinski definition) is 3. The molecule has 0 unspecified atom stereocenters. The number of oxazole rings is 1. The van der Waals surface area contributed by atoms with Gasteiger partial charge in [-0.25, -0.2) is 4.98 Å². The molecule has 4 aromatic rings. The summed E-state index contributed by atoms with van der Waals surface area (Å²) in [5, 5.41) is 3.20. The molecule has 0 saturated heterocycles. The van der Waals surface area contributed by atoms with Crippen molar-refractivity contribution in [3.63, 3.8) is 0 Å². The molecule has 29 heavy (non-hydrogen) atoms. The Morgan fingerprint density at radius 2 is 1.69 bits per heavy atom. The fourth-order valence-electron chi connectivity index (χ4n) is 3.17. The first-order chi connectivity index (χ1) is 14.0. The Balaban J connectivity index is 1.82. The second-order valence-corrected chi connectivity index (χ2v) is 7.26. The number of rotatable bonds is 6. The van der Waals surface area contributed by atoms with Crippen molar-refractivity contribution in [2.24, 2.45) is 5.92 Å². The number of aryl methyl sites for hydroxylation is 1. The third-order valence-corrected chi connectivity index (χ3v) is 4.57. The first kappa shape index (κ1) is 18.7. The fourth-order valence-corrected chi connectivity index (χ4v) is 3.17. The molecule has 0 atom stereocenters. The minimum absolute atomic E-state index is 0.0550. The molecule has 148 valence electrons. The van der Waals surface area contributed by atoms with Crippen LogP contribution in [-0.4, -0.2) is 19.9 Å². The largest absolute Gasteiger partial charge is 0.436 e. The summed E-state index contributed by atoms with van der Waals surface area (Å²) >= 11 is 0. The Morgan fingerprint density at radius 3 is 2.41 bits per heavy atom. The molecule has 2 aromatic heterocycles. The SMILES string of the molecule is CC(C)CCc1cccc(Nc2nc(N)nc(N)n2)c1-c1nc2ccccc2o1. The Bertz CT molecular complexity index is 1100. The van der Waals surface area contributed by atoms with Gasteiger partial charge in [-0.2, -0.15) is 15.0 Å². The van der Waals surface area contributed by atoms with Gasteiger partial charge in [-0.1, -0.05) is 38.1 Å². The van der Waals surface area contributed by atoms with Crippen LogP contribution in [-0.2, 0) is 6.42 Å². The van der Waals surface area contributed by atoms with E-state index >= 15 is 0 Å². The molecule has 0 amide bonds. The molecule has 2 heterocycles. The van der Waals surface area contributed by atoms with Crippen LogP contribution in [0.4, 0.5) is 23.5 Å². The van der Waals surface area contributed by atoms with Gasteiger partial charge in [0.25, 0.3) is 0 Å². The minimum atomic E-state index is 0.0550. The zero-order valence-corrected chi connectivity index (χ0v) is 16.4. The van der Waals surface area contributed by atoms with Crippen molar-refractivity contribution in [1.29, 1.82) is 0 Å². The van der Waals surface area contributed by atoms with Crippen molar-refractivity contribution in [2.45, 2.75) is 26.7 Å². The van der Waals surface area contributed by atoms with Crippen molar-refractivity contribution in [1.82, 2.24) is 19.9 Å². The number of nitrogens with one attached hydrogen (secondary N) is 1. The number of para-hydroxylation sites is 2. The van der Waals surface area contributed by atoms with Gasteiger partial charge in [0.05, 0.1) is 11.3 Å². The summed E-state index contributed by atoms with van der Waals surface area (Å²) in [6.45, 7) is 4.41. The van der Waals surface area contributed by atoms with Crippen LogP contribution < -0.4 is 16.8 Å². The second kappa shape index (κ2) is 7.75. The molecule has 0 bridgehead atoms. The molecular formula is C21H23N7O. The van der Waals surface area contributed by atoms with Gasteiger partial charge in [0.1, 0.15) is 5.52 Å². The van der Waals surface area contributed by atoms with Gasteiger partial charge < -0.3 is 21.2 Å². The van der Waals surface area contributed by atoms with Gasteiger partial charge in [-0.3, -0.25) is 0 Å². The van der Waals surface area contributed by atoms with E-state index < -0.39 is 0 Å². The van der Waals surface area contributed by atoms with E-state index in [9.17, 15) is 0 Å². The first-order valence-corrected chi connectivity index (χ1v) is 9.51. The van der Waals surface area contributed by atoms with E-state index in [1.807, 2.05) is 36.4 Å². The average Bonchev–Trinajstić information content (AvgIpc) is 3.09. The standard InChI is InChI=1S/C21H23N7O/c1-12(2)10-11-13-6-5-8-15(25-21-27-19(22)26-20(23)28-21)17(13)18-24-14-7-3-4-9-16(14)29-18/h3-9,12H,10-11H2,1-2H3,(H5,22,23,25,26,27,28). The lowest BCUT2D eigenvalue weighted by atomic mass is 9.97. The van der Waals surface area contributed by atoms with Crippen molar-refractivity contribution in [3.05, 3.63) is 48.0 Å². The lowest BCUT2D eigenvalue weighted by Gasteiger charge is -2.14. The van der Waals surface area contributed by atoms with Crippen LogP contribution >= 0.6 is 0 Å². The highest BCUT2D eigenvalue weighted by Crippen LogP contribution is 2.35.